The molecule has 1 aliphatic rings. The molecular formula is C29H27N3O3. The summed E-state index contributed by atoms with van der Waals surface area (Å²) < 4.78 is 12.9. The first-order valence-corrected chi connectivity index (χ1v) is 11.6. The molecule has 5 rings (SSSR count). The highest BCUT2D eigenvalue weighted by Crippen LogP contribution is 2.29. The zero-order valence-electron chi connectivity index (χ0n) is 20.3. The van der Waals surface area contributed by atoms with Gasteiger partial charge in [-0.3, -0.25) is 9.36 Å². The summed E-state index contributed by atoms with van der Waals surface area (Å²) in [4.78, 5) is 22.0. The smallest absolute Gasteiger partial charge is 0.262 e. The Bertz CT molecular complexity index is 1510. The summed E-state index contributed by atoms with van der Waals surface area (Å²) in [6, 6.07) is 19.2. The third-order valence-corrected chi connectivity index (χ3v) is 6.04. The van der Waals surface area contributed by atoms with Crippen molar-refractivity contribution in [3.8, 4) is 5.75 Å². The van der Waals surface area contributed by atoms with Crippen LogP contribution in [0.25, 0.3) is 17.0 Å². The first kappa shape index (κ1) is 22.5. The molecule has 1 N–H and O–H groups in total. The fourth-order valence-corrected chi connectivity index (χ4v) is 4.40. The molecule has 0 spiro atoms. The molecule has 0 fully saturated rings. The summed E-state index contributed by atoms with van der Waals surface area (Å²) in [5, 5.41) is 0.963. The molecule has 4 aromatic rings. The SMILES string of the molecule is CCOc1ccc(C(=O)n2c(C3=N/C(=C\c4[nH]c(C)cc4C)C(OC)=C3)cc3ccccc32)cc1. The number of aliphatic imine (C=N–C) groups is 1. The lowest BCUT2D eigenvalue weighted by atomic mass is 10.2. The number of para-hydroxylation sites is 1. The number of hydrogen-bond acceptors (Lipinski definition) is 4. The number of rotatable bonds is 6. The Labute approximate surface area is 204 Å². The fourth-order valence-electron chi connectivity index (χ4n) is 4.40. The van der Waals surface area contributed by atoms with Gasteiger partial charge in [0.05, 0.1) is 30.6 Å². The molecule has 0 amide bonds. The number of H-pyrrole nitrogens is 1. The number of ether oxygens (including phenoxy) is 2. The van der Waals surface area contributed by atoms with Gasteiger partial charge in [0.25, 0.3) is 5.91 Å². The monoisotopic (exact) mass is 465 g/mol. The van der Waals surface area contributed by atoms with E-state index in [0.717, 1.165) is 33.6 Å². The first-order valence-electron chi connectivity index (χ1n) is 11.6. The fraction of sp³-hybridized carbons (Fsp3) is 0.172. The summed E-state index contributed by atoms with van der Waals surface area (Å²) in [6.07, 6.45) is 3.86. The molecule has 6 heteroatoms. The summed E-state index contributed by atoms with van der Waals surface area (Å²) in [5.41, 5.74) is 6.68. The average molecular weight is 466 g/mol. The molecule has 0 bridgehead atoms. The Morgan fingerprint density at radius 3 is 2.54 bits per heavy atom. The Balaban J connectivity index is 1.62. The molecule has 2 aromatic heterocycles. The highest BCUT2D eigenvalue weighted by Gasteiger charge is 2.24. The molecule has 0 saturated carbocycles. The molecule has 2 aromatic carbocycles. The second kappa shape index (κ2) is 9.14. The molecule has 0 saturated heterocycles. The summed E-state index contributed by atoms with van der Waals surface area (Å²) in [6.45, 7) is 6.59. The maximum Gasteiger partial charge on any atom is 0.262 e. The van der Waals surface area contributed by atoms with Gasteiger partial charge in [0.1, 0.15) is 17.2 Å². The molecule has 35 heavy (non-hydrogen) atoms. The van der Waals surface area contributed by atoms with Crippen molar-refractivity contribution in [2.24, 2.45) is 4.99 Å². The minimum atomic E-state index is -0.132. The number of carbonyl (C=O) groups is 1. The van der Waals surface area contributed by atoms with Crippen LogP contribution in [0.15, 0.2) is 83.2 Å². The number of nitrogens with zero attached hydrogens (tertiary/aromatic N) is 2. The van der Waals surface area contributed by atoms with Crippen LogP contribution in [0.1, 0.15) is 39.9 Å². The van der Waals surface area contributed by atoms with Crippen LogP contribution in [0.3, 0.4) is 0 Å². The number of carbonyl (C=O) groups excluding carboxylic acids is 1. The van der Waals surface area contributed by atoms with Crippen LogP contribution in [0, 0.1) is 13.8 Å². The van der Waals surface area contributed by atoms with Crippen LogP contribution in [0.5, 0.6) is 5.75 Å². The van der Waals surface area contributed by atoms with Crippen molar-refractivity contribution in [1.29, 1.82) is 0 Å². The highest BCUT2D eigenvalue weighted by atomic mass is 16.5. The number of benzene rings is 2. The standard InChI is InChI=1S/C29H27N3O3/c1-5-35-22-12-10-20(11-13-22)29(33)32-26-9-7-6-8-21(26)15-27(32)24-17-28(34-4)25(31-24)16-23-18(2)14-19(3)30-23/h6-17,30H,5H2,1-4H3/b25-16-. The van der Waals surface area contributed by atoms with E-state index < -0.39 is 0 Å². The van der Waals surface area contributed by atoms with E-state index in [0.29, 0.717) is 35.0 Å². The van der Waals surface area contributed by atoms with Crippen molar-refractivity contribution in [3.05, 3.63) is 106 Å². The molecule has 0 radical (unpaired) electrons. The van der Waals surface area contributed by atoms with E-state index in [1.54, 1.807) is 23.8 Å². The maximum absolute atomic E-state index is 13.7. The Morgan fingerprint density at radius 2 is 1.86 bits per heavy atom. The van der Waals surface area contributed by atoms with Gasteiger partial charge in [0.15, 0.2) is 0 Å². The van der Waals surface area contributed by atoms with Gasteiger partial charge in [-0.15, -0.1) is 0 Å². The normalized spacial score (nSPS) is 14.3. The van der Waals surface area contributed by atoms with Gasteiger partial charge < -0.3 is 14.5 Å². The number of allylic oxidation sites excluding steroid dienone is 1. The van der Waals surface area contributed by atoms with Crippen LogP contribution in [-0.2, 0) is 4.74 Å². The van der Waals surface area contributed by atoms with E-state index in [1.807, 2.05) is 68.5 Å². The largest absolute Gasteiger partial charge is 0.494 e. The van der Waals surface area contributed by atoms with Crippen molar-refractivity contribution in [2.45, 2.75) is 20.8 Å². The van der Waals surface area contributed by atoms with Crippen LogP contribution in [0.2, 0.25) is 0 Å². The Morgan fingerprint density at radius 1 is 1.09 bits per heavy atom. The van der Waals surface area contributed by atoms with Crippen molar-refractivity contribution in [3.63, 3.8) is 0 Å². The quantitative estimate of drug-likeness (QED) is 0.377. The number of aromatic amines is 1. The Kier molecular flexibility index (Phi) is 5.87. The number of hydrogen-bond donors (Lipinski definition) is 1. The highest BCUT2D eigenvalue weighted by molar-refractivity contribution is 6.17. The van der Waals surface area contributed by atoms with Gasteiger partial charge in [-0.1, -0.05) is 18.2 Å². The van der Waals surface area contributed by atoms with E-state index in [-0.39, 0.29) is 5.91 Å². The number of aryl methyl sites for hydroxylation is 2. The maximum atomic E-state index is 13.7. The van der Waals surface area contributed by atoms with Crippen molar-refractivity contribution < 1.29 is 14.3 Å². The van der Waals surface area contributed by atoms with Gasteiger partial charge in [0.2, 0.25) is 0 Å². The zero-order valence-corrected chi connectivity index (χ0v) is 20.3. The minimum absolute atomic E-state index is 0.132. The van der Waals surface area contributed by atoms with Crippen molar-refractivity contribution in [1.82, 2.24) is 9.55 Å². The average Bonchev–Trinajstić information content (AvgIpc) is 3.53. The molecule has 0 aliphatic carbocycles. The minimum Gasteiger partial charge on any atom is -0.494 e. The topological polar surface area (TPSA) is 68.6 Å². The summed E-state index contributed by atoms with van der Waals surface area (Å²) in [7, 11) is 1.63. The zero-order chi connectivity index (χ0) is 24.5. The van der Waals surface area contributed by atoms with Crippen LogP contribution in [-0.4, -0.2) is 34.9 Å². The third kappa shape index (κ3) is 4.19. The Hall–Kier alpha value is -4.32. The molecule has 0 unspecified atom stereocenters. The third-order valence-electron chi connectivity index (χ3n) is 6.04. The lowest BCUT2D eigenvalue weighted by molar-refractivity contribution is 0.0964. The van der Waals surface area contributed by atoms with E-state index in [4.69, 9.17) is 14.5 Å². The number of methoxy groups -OCH3 is 1. The predicted octanol–water partition coefficient (Wildman–Crippen LogP) is 6.05. The molecular weight excluding hydrogens is 438 g/mol. The van der Waals surface area contributed by atoms with Crippen LogP contribution in [0.4, 0.5) is 0 Å². The lowest BCUT2D eigenvalue weighted by Crippen LogP contribution is -2.17. The van der Waals surface area contributed by atoms with Crippen LogP contribution < -0.4 is 4.74 Å². The van der Waals surface area contributed by atoms with E-state index in [2.05, 4.69) is 18.0 Å². The summed E-state index contributed by atoms with van der Waals surface area (Å²) >= 11 is 0. The van der Waals surface area contributed by atoms with Crippen LogP contribution >= 0.6 is 0 Å². The van der Waals surface area contributed by atoms with Gasteiger partial charge in [-0.05, 0) is 74.9 Å². The second-order valence-electron chi connectivity index (χ2n) is 8.47. The summed E-state index contributed by atoms with van der Waals surface area (Å²) in [5.74, 6) is 1.25. The van der Waals surface area contributed by atoms with Crippen molar-refractivity contribution in [2.75, 3.05) is 13.7 Å². The molecule has 6 nitrogen and oxygen atoms in total. The van der Waals surface area contributed by atoms with E-state index >= 15 is 0 Å². The van der Waals surface area contributed by atoms with Gasteiger partial charge in [-0.25, -0.2) is 4.99 Å². The van der Waals surface area contributed by atoms with Gasteiger partial charge >= 0.3 is 0 Å². The van der Waals surface area contributed by atoms with Gasteiger partial charge in [-0.2, -0.15) is 0 Å². The van der Waals surface area contributed by atoms with Gasteiger partial charge in [0, 0.05) is 28.4 Å². The predicted molar refractivity (Wildman–Crippen MR) is 139 cm³/mol. The molecule has 1 aliphatic heterocycles. The van der Waals surface area contributed by atoms with Crippen molar-refractivity contribution >= 4 is 28.6 Å². The number of aromatic nitrogens is 2. The lowest BCUT2D eigenvalue weighted by Gasteiger charge is -2.10. The number of nitrogens with one attached hydrogen (secondary N) is 1. The molecule has 3 heterocycles. The van der Waals surface area contributed by atoms with E-state index in [9.17, 15) is 4.79 Å². The molecule has 0 atom stereocenters. The van der Waals surface area contributed by atoms with E-state index in [1.165, 1.54) is 0 Å². The number of fused-ring (bicyclic) bond motifs is 1. The second-order valence-corrected chi connectivity index (χ2v) is 8.47. The molecule has 176 valence electrons. The first-order chi connectivity index (χ1) is 17.0.